The molecule has 1 saturated heterocycles. The lowest BCUT2D eigenvalue weighted by Crippen LogP contribution is -2.62. The van der Waals surface area contributed by atoms with Crippen molar-refractivity contribution in [2.24, 2.45) is 0 Å². The van der Waals surface area contributed by atoms with E-state index in [9.17, 15) is 9.59 Å². The van der Waals surface area contributed by atoms with Crippen molar-refractivity contribution in [3.8, 4) is 11.3 Å². The number of amides is 2. The molecule has 9 nitrogen and oxygen atoms in total. The van der Waals surface area contributed by atoms with E-state index >= 15 is 0 Å². The van der Waals surface area contributed by atoms with Crippen molar-refractivity contribution in [3.05, 3.63) is 64.4 Å². The monoisotopic (exact) mass is 534 g/mol. The van der Waals surface area contributed by atoms with Gasteiger partial charge in [-0.2, -0.15) is 0 Å². The maximum Gasteiger partial charge on any atom is 0.293 e. The van der Waals surface area contributed by atoms with Crippen LogP contribution >= 0.6 is 11.6 Å². The lowest BCUT2D eigenvalue weighted by molar-refractivity contribution is 0.0146. The largest absolute Gasteiger partial charge is 0.449 e. The molecule has 1 N–H and O–H groups in total. The number of piperazine rings is 1. The summed E-state index contributed by atoms with van der Waals surface area (Å²) in [5.41, 5.74) is 3.02. The third kappa shape index (κ3) is 4.78. The van der Waals surface area contributed by atoms with Gasteiger partial charge in [0.25, 0.3) is 11.8 Å². The molecule has 1 aromatic carbocycles. The number of fused-ring (bicyclic) bond motifs is 1. The van der Waals surface area contributed by atoms with Crippen molar-refractivity contribution < 1.29 is 14.0 Å². The topological polar surface area (TPSA) is 108 Å². The van der Waals surface area contributed by atoms with Crippen LogP contribution < -0.4 is 0 Å². The lowest BCUT2D eigenvalue weighted by atomic mass is 9.86. The standard InChI is InChI=1S/C28H31ClN6O3/c1-16-30-24(33-32-16)26(37)34-11-12-35(28(5,6)15-34)25(36)22-14-21-23(38-22)19(27(2,3)4)13-20(31-21)17-7-9-18(29)10-8-17/h7-10,13-14H,11-12,15H2,1-6H3,(H,30,32,33). The molecule has 10 heteroatoms. The van der Waals surface area contributed by atoms with Crippen LogP contribution in [-0.2, 0) is 5.41 Å². The Kier molecular flexibility index (Phi) is 6.30. The second-order valence-corrected chi connectivity index (χ2v) is 11.8. The molecule has 0 atom stereocenters. The number of furan rings is 1. The first-order valence-corrected chi connectivity index (χ1v) is 12.9. The van der Waals surface area contributed by atoms with Gasteiger partial charge in [-0.15, -0.1) is 5.10 Å². The van der Waals surface area contributed by atoms with E-state index in [2.05, 4.69) is 36.0 Å². The molecule has 0 saturated carbocycles. The number of nitrogens with one attached hydrogen (secondary N) is 1. The Morgan fingerprint density at radius 2 is 1.76 bits per heavy atom. The number of aromatic amines is 1. The summed E-state index contributed by atoms with van der Waals surface area (Å²) in [5, 5.41) is 7.35. The molecular weight excluding hydrogens is 504 g/mol. The molecule has 3 aromatic heterocycles. The summed E-state index contributed by atoms with van der Waals surface area (Å²) in [6, 6.07) is 11.3. The van der Waals surface area contributed by atoms with Gasteiger partial charge in [-0.3, -0.25) is 14.7 Å². The summed E-state index contributed by atoms with van der Waals surface area (Å²) in [7, 11) is 0. The number of pyridine rings is 1. The van der Waals surface area contributed by atoms with Gasteiger partial charge in [0, 0.05) is 41.9 Å². The zero-order chi connectivity index (χ0) is 27.4. The number of halogens is 1. The smallest absolute Gasteiger partial charge is 0.293 e. The Balaban J connectivity index is 1.46. The van der Waals surface area contributed by atoms with Gasteiger partial charge in [-0.05, 0) is 44.4 Å². The predicted molar refractivity (Wildman–Crippen MR) is 145 cm³/mol. The van der Waals surface area contributed by atoms with Crippen molar-refractivity contribution in [3.63, 3.8) is 0 Å². The number of carbonyl (C=O) groups is 2. The highest BCUT2D eigenvalue weighted by Crippen LogP contribution is 2.35. The normalized spacial score (nSPS) is 15.8. The molecule has 4 aromatic rings. The first-order valence-electron chi connectivity index (χ1n) is 12.5. The average Bonchev–Trinajstić information content (AvgIpc) is 3.48. The Morgan fingerprint density at radius 3 is 2.37 bits per heavy atom. The molecule has 38 heavy (non-hydrogen) atoms. The number of aryl methyl sites for hydroxylation is 1. The molecule has 1 aliphatic rings. The van der Waals surface area contributed by atoms with E-state index in [1.807, 2.05) is 44.2 Å². The molecule has 0 radical (unpaired) electrons. The molecular formula is C28H31ClN6O3. The van der Waals surface area contributed by atoms with Crippen molar-refractivity contribution in [2.75, 3.05) is 19.6 Å². The summed E-state index contributed by atoms with van der Waals surface area (Å²) in [6.07, 6.45) is 0. The highest BCUT2D eigenvalue weighted by Gasteiger charge is 2.40. The minimum Gasteiger partial charge on any atom is -0.449 e. The van der Waals surface area contributed by atoms with Crippen molar-refractivity contribution >= 4 is 34.5 Å². The van der Waals surface area contributed by atoms with Crippen LogP contribution in [0.25, 0.3) is 22.4 Å². The quantitative estimate of drug-likeness (QED) is 0.384. The molecule has 0 unspecified atom stereocenters. The van der Waals surface area contributed by atoms with Crippen molar-refractivity contribution in [1.29, 1.82) is 0 Å². The van der Waals surface area contributed by atoms with Crippen LogP contribution in [0.3, 0.4) is 0 Å². The number of hydrogen-bond donors (Lipinski definition) is 1. The number of benzene rings is 1. The van der Waals surface area contributed by atoms with E-state index < -0.39 is 5.54 Å². The predicted octanol–water partition coefficient (Wildman–Crippen LogP) is 5.25. The molecule has 4 heterocycles. The highest BCUT2D eigenvalue weighted by molar-refractivity contribution is 6.30. The number of rotatable bonds is 3. The second-order valence-electron chi connectivity index (χ2n) is 11.4. The van der Waals surface area contributed by atoms with Crippen LogP contribution in [0.5, 0.6) is 0 Å². The highest BCUT2D eigenvalue weighted by atomic mass is 35.5. The maximum absolute atomic E-state index is 13.7. The third-order valence-corrected chi connectivity index (χ3v) is 7.11. The summed E-state index contributed by atoms with van der Waals surface area (Å²) >= 11 is 6.08. The number of aromatic nitrogens is 4. The van der Waals surface area contributed by atoms with Gasteiger partial charge in [0.2, 0.25) is 5.82 Å². The van der Waals surface area contributed by atoms with E-state index in [1.54, 1.807) is 22.8 Å². The minimum absolute atomic E-state index is 0.132. The molecule has 0 bridgehead atoms. The molecule has 1 aliphatic heterocycles. The first-order chi connectivity index (χ1) is 17.8. The maximum atomic E-state index is 13.7. The number of nitrogens with zero attached hydrogens (tertiary/aromatic N) is 5. The molecule has 0 aliphatic carbocycles. The fourth-order valence-electron chi connectivity index (χ4n) is 4.87. The summed E-state index contributed by atoms with van der Waals surface area (Å²) < 4.78 is 6.21. The zero-order valence-electron chi connectivity index (χ0n) is 22.4. The number of hydrogen-bond acceptors (Lipinski definition) is 6. The van der Waals surface area contributed by atoms with Crippen LogP contribution in [0.15, 0.2) is 40.8 Å². The van der Waals surface area contributed by atoms with Gasteiger partial charge in [0.05, 0.1) is 11.2 Å². The first kappa shape index (κ1) is 25.9. The van der Waals surface area contributed by atoms with Crippen LogP contribution in [0.1, 0.15) is 67.2 Å². The summed E-state index contributed by atoms with van der Waals surface area (Å²) in [4.78, 5) is 39.1. The Labute approximate surface area is 226 Å². The SMILES string of the molecule is Cc1nc(C(=O)N2CCN(C(=O)c3cc4nc(-c5ccc(Cl)cc5)cc(C(C)(C)C)c4o3)C(C)(C)C2)n[nH]1. The van der Waals surface area contributed by atoms with Crippen LogP contribution in [0.4, 0.5) is 0 Å². The molecule has 1 fully saturated rings. The Bertz CT molecular complexity index is 1530. The Hall–Kier alpha value is -3.72. The summed E-state index contributed by atoms with van der Waals surface area (Å²) in [5.74, 6) is 0.443. The zero-order valence-corrected chi connectivity index (χ0v) is 23.2. The van der Waals surface area contributed by atoms with E-state index in [4.69, 9.17) is 21.0 Å². The van der Waals surface area contributed by atoms with Gasteiger partial charge >= 0.3 is 0 Å². The van der Waals surface area contributed by atoms with E-state index in [1.165, 1.54) is 0 Å². The minimum atomic E-state index is -0.635. The van der Waals surface area contributed by atoms with Gasteiger partial charge in [0.1, 0.15) is 11.3 Å². The molecule has 0 spiro atoms. The third-order valence-electron chi connectivity index (χ3n) is 6.86. The van der Waals surface area contributed by atoms with Crippen LogP contribution in [0, 0.1) is 6.92 Å². The molecule has 5 rings (SSSR count). The lowest BCUT2D eigenvalue weighted by Gasteiger charge is -2.46. The average molecular weight is 535 g/mol. The van der Waals surface area contributed by atoms with Crippen LogP contribution in [-0.4, -0.2) is 67.0 Å². The Morgan fingerprint density at radius 1 is 1.05 bits per heavy atom. The number of carbonyl (C=O) groups excluding carboxylic acids is 2. The van der Waals surface area contributed by atoms with Gasteiger partial charge in [-0.1, -0.05) is 44.5 Å². The number of H-pyrrole nitrogens is 1. The second kappa shape index (κ2) is 9.23. The fraction of sp³-hybridized carbons (Fsp3) is 0.393. The molecule has 198 valence electrons. The van der Waals surface area contributed by atoms with Gasteiger partial charge < -0.3 is 14.2 Å². The van der Waals surface area contributed by atoms with E-state index in [-0.39, 0.29) is 28.8 Å². The van der Waals surface area contributed by atoms with Crippen molar-refractivity contribution in [2.45, 2.75) is 52.5 Å². The van der Waals surface area contributed by atoms with Crippen molar-refractivity contribution in [1.82, 2.24) is 30.0 Å². The van der Waals surface area contributed by atoms with E-state index in [0.717, 1.165) is 16.8 Å². The van der Waals surface area contributed by atoms with E-state index in [0.29, 0.717) is 41.6 Å². The summed E-state index contributed by atoms with van der Waals surface area (Å²) in [6.45, 7) is 13.0. The molecule has 2 amide bonds. The fourth-order valence-corrected chi connectivity index (χ4v) is 5.00. The van der Waals surface area contributed by atoms with Gasteiger partial charge in [-0.25, -0.2) is 9.97 Å². The van der Waals surface area contributed by atoms with Crippen LogP contribution in [0.2, 0.25) is 5.02 Å². The van der Waals surface area contributed by atoms with Gasteiger partial charge in [0.15, 0.2) is 11.3 Å².